The van der Waals surface area contributed by atoms with E-state index in [0.29, 0.717) is 18.0 Å². The highest BCUT2D eigenvalue weighted by atomic mass is 32.2. The summed E-state index contributed by atoms with van der Waals surface area (Å²) < 4.78 is 35.4. The van der Waals surface area contributed by atoms with Crippen molar-refractivity contribution in [1.82, 2.24) is 24.5 Å². The average Bonchev–Trinajstić information content (AvgIpc) is 3.32. The van der Waals surface area contributed by atoms with Gasteiger partial charge in [-0.25, -0.2) is 13.1 Å². The number of hydrogen-bond donors (Lipinski definition) is 1. The minimum atomic E-state index is -3.54. The van der Waals surface area contributed by atoms with Gasteiger partial charge in [-0.05, 0) is 35.9 Å². The first-order valence-corrected chi connectivity index (χ1v) is 11.9. The lowest BCUT2D eigenvalue weighted by atomic mass is 9.96. The molecule has 31 heavy (non-hydrogen) atoms. The van der Waals surface area contributed by atoms with Crippen LogP contribution in [0.1, 0.15) is 32.2 Å². The SMILES string of the molecule is CC(C)(C)c1nnc2ccc(N3CC(CNS(=O)(=O)c4ccc5c(c4)CCO5)C3)nn12. The van der Waals surface area contributed by atoms with Crippen LogP contribution in [0.3, 0.4) is 0 Å². The second kappa shape index (κ2) is 7.16. The summed E-state index contributed by atoms with van der Waals surface area (Å²) in [7, 11) is -3.54. The highest BCUT2D eigenvalue weighted by Crippen LogP contribution is 2.28. The van der Waals surface area contributed by atoms with Crippen molar-refractivity contribution in [3.05, 3.63) is 41.7 Å². The zero-order valence-electron chi connectivity index (χ0n) is 17.9. The van der Waals surface area contributed by atoms with Crippen molar-refractivity contribution in [3.8, 4) is 5.75 Å². The summed E-state index contributed by atoms with van der Waals surface area (Å²) in [6.07, 6.45) is 0.747. The minimum absolute atomic E-state index is 0.162. The first kappa shape index (κ1) is 20.2. The Balaban J connectivity index is 1.22. The lowest BCUT2D eigenvalue weighted by molar-refractivity contribution is 0.356. The quantitative estimate of drug-likeness (QED) is 0.642. The molecule has 3 aromatic rings. The average molecular weight is 443 g/mol. The molecule has 1 aromatic carbocycles. The molecule has 1 N–H and O–H groups in total. The molecule has 0 aliphatic carbocycles. The van der Waals surface area contributed by atoms with Gasteiger partial charge in [-0.2, -0.15) is 4.52 Å². The molecular formula is C21H26N6O3S. The largest absolute Gasteiger partial charge is 0.493 e. The number of aromatic nitrogens is 4. The number of ether oxygens (including phenoxy) is 1. The molecule has 0 radical (unpaired) electrons. The zero-order chi connectivity index (χ0) is 21.8. The third kappa shape index (κ3) is 3.74. The van der Waals surface area contributed by atoms with Crippen molar-refractivity contribution in [2.24, 2.45) is 5.92 Å². The van der Waals surface area contributed by atoms with Crippen molar-refractivity contribution in [2.45, 2.75) is 37.5 Å². The van der Waals surface area contributed by atoms with Gasteiger partial charge in [0.2, 0.25) is 10.0 Å². The van der Waals surface area contributed by atoms with E-state index in [-0.39, 0.29) is 11.3 Å². The molecule has 4 heterocycles. The maximum absolute atomic E-state index is 12.7. The van der Waals surface area contributed by atoms with E-state index in [1.807, 2.05) is 12.1 Å². The predicted molar refractivity (Wildman–Crippen MR) is 116 cm³/mol. The van der Waals surface area contributed by atoms with Crippen LogP contribution in [-0.2, 0) is 21.9 Å². The highest BCUT2D eigenvalue weighted by Gasteiger charge is 2.30. The lowest BCUT2D eigenvalue weighted by Crippen LogP contribution is -2.52. The van der Waals surface area contributed by atoms with Gasteiger partial charge in [-0.1, -0.05) is 20.8 Å². The lowest BCUT2D eigenvalue weighted by Gasteiger charge is -2.40. The topological polar surface area (TPSA) is 102 Å². The summed E-state index contributed by atoms with van der Waals surface area (Å²) >= 11 is 0. The van der Waals surface area contributed by atoms with Crippen molar-refractivity contribution in [1.29, 1.82) is 0 Å². The van der Waals surface area contributed by atoms with Crippen LogP contribution in [0.15, 0.2) is 35.2 Å². The van der Waals surface area contributed by atoms with Crippen LogP contribution in [0.5, 0.6) is 5.75 Å². The van der Waals surface area contributed by atoms with E-state index in [4.69, 9.17) is 9.84 Å². The van der Waals surface area contributed by atoms with Gasteiger partial charge in [-0.15, -0.1) is 15.3 Å². The Morgan fingerprint density at radius 1 is 1.16 bits per heavy atom. The molecular weight excluding hydrogens is 416 g/mol. The van der Waals surface area contributed by atoms with Crippen LogP contribution in [0.2, 0.25) is 0 Å². The van der Waals surface area contributed by atoms with Gasteiger partial charge in [-0.3, -0.25) is 0 Å². The Hall–Kier alpha value is -2.72. The van der Waals surface area contributed by atoms with E-state index in [1.165, 1.54) is 0 Å². The van der Waals surface area contributed by atoms with Crippen molar-refractivity contribution < 1.29 is 13.2 Å². The second-order valence-corrected chi connectivity index (χ2v) is 11.0. The molecule has 2 aliphatic rings. The number of rotatable bonds is 5. The molecule has 0 bridgehead atoms. The van der Waals surface area contributed by atoms with Gasteiger partial charge >= 0.3 is 0 Å². The molecule has 164 valence electrons. The number of sulfonamides is 1. The van der Waals surface area contributed by atoms with Crippen molar-refractivity contribution in [2.75, 3.05) is 31.1 Å². The molecule has 2 aliphatic heterocycles. The molecule has 0 saturated carbocycles. The number of fused-ring (bicyclic) bond motifs is 2. The standard InChI is InChI=1S/C21H26N6O3S/c1-21(2,3)20-24-23-18-6-7-19(25-27(18)20)26-12-14(13-26)11-22-31(28,29)16-4-5-17-15(10-16)8-9-30-17/h4-7,10,14,22H,8-9,11-13H2,1-3H3. The summed E-state index contributed by atoms with van der Waals surface area (Å²) in [5, 5.41) is 13.2. The van der Waals surface area contributed by atoms with E-state index in [0.717, 1.165) is 48.1 Å². The van der Waals surface area contributed by atoms with Gasteiger partial charge in [0.25, 0.3) is 0 Å². The fraction of sp³-hybridized carbons (Fsp3) is 0.476. The first-order chi connectivity index (χ1) is 14.7. The molecule has 0 spiro atoms. The normalized spacial score (nSPS) is 16.9. The number of nitrogens with zero attached hydrogens (tertiary/aromatic N) is 5. The van der Waals surface area contributed by atoms with E-state index < -0.39 is 10.0 Å². The van der Waals surface area contributed by atoms with E-state index in [2.05, 4.69) is 40.6 Å². The van der Waals surface area contributed by atoms with Crippen LogP contribution in [0, 0.1) is 5.92 Å². The maximum atomic E-state index is 12.7. The molecule has 9 nitrogen and oxygen atoms in total. The van der Waals surface area contributed by atoms with Gasteiger partial charge in [0.1, 0.15) is 11.6 Å². The van der Waals surface area contributed by atoms with Crippen LogP contribution < -0.4 is 14.4 Å². The summed E-state index contributed by atoms with van der Waals surface area (Å²) in [5.74, 6) is 2.67. The van der Waals surface area contributed by atoms with Crippen LogP contribution in [-0.4, -0.2) is 54.5 Å². The Morgan fingerprint density at radius 3 is 2.74 bits per heavy atom. The van der Waals surface area contributed by atoms with Gasteiger partial charge in [0, 0.05) is 37.4 Å². The summed E-state index contributed by atoms with van der Waals surface area (Å²) in [6, 6.07) is 8.90. The molecule has 0 amide bonds. The molecule has 0 atom stereocenters. The highest BCUT2D eigenvalue weighted by molar-refractivity contribution is 7.89. The smallest absolute Gasteiger partial charge is 0.240 e. The van der Waals surface area contributed by atoms with Gasteiger partial charge in [0.05, 0.1) is 11.5 Å². The van der Waals surface area contributed by atoms with E-state index in [9.17, 15) is 8.42 Å². The van der Waals surface area contributed by atoms with Gasteiger partial charge in [0.15, 0.2) is 11.5 Å². The van der Waals surface area contributed by atoms with Crippen molar-refractivity contribution >= 4 is 21.5 Å². The molecule has 1 fully saturated rings. The molecule has 1 saturated heterocycles. The third-order valence-electron chi connectivity index (χ3n) is 5.73. The summed E-state index contributed by atoms with van der Waals surface area (Å²) in [6.45, 7) is 8.73. The van der Waals surface area contributed by atoms with Crippen molar-refractivity contribution in [3.63, 3.8) is 0 Å². The van der Waals surface area contributed by atoms with Crippen LogP contribution in [0.25, 0.3) is 5.65 Å². The Bertz CT molecular complexity index is 1240. The number of anilines is 1. The van der Waals surface area contributed by atoms with Crippen LogP contribution >= 0.6 is 0 Å². The minimum Gasteiger partial charge on any atom is -0.493 e. The number of hydrogen-bond acceptors (Lipinski definition) is 7. The predicted octanol–water partition coefficient (Wildman–Crippen LogP) is 1.77. The zero-order valence-corrected chi connectivity index (χ0v) is 18.7. The molecule has 0 unspecified atom stereocenters. The second-order valence-electron chi connectivity index (χ2n) is 9.23. The first-order valence-electron chi connectivity index (χ1n) is 10.4. The molecule has 2 aromatic heterocycles. The van der Waals surface area contributed by atoms with Crippen LogP contribution in [0.4, 0.5) is 5.82 Å². The fourth-order valence-corrected chi connectivity index (χ4v) is 5.11. The Kier molecular flexibility index (Phi) is 4.67. The van der Waals surface area contributed by atoms with E-state index in [1.54, 1.807) is 22.7 Å². The Morgan fingerprint density at radius 2 is 1.97 bits per heavy atom. The number of benzene rings is 1. The molecule has 5 rings (SSSR count). The summed E-state index contributed by atoms with van der Waals surface area (Å²) in [5.41, 5.74) is 1.51. The fourth-order valence-electron chi connectivity index (χ4n) is 3.94. The van der Waals surface area contributed by atoms with E-state index >= 15 is 0 Å². The summed E-state index contributed by atoms with van der Waals surface area (Å²) in [4.78, 5) is 2.43. The maximum Gasteiger partial charge on any atom is 0.240 e. The Labute approximate surface area is 181 Å². The monoisotopic (exact) mass is 442 g/mol. The molecule has 10 heteroatoms. The number of nitrogens with one attached hydrogen (secondary N) is 1. The third-order valence-corrected chi connectivity index (χ3v) is 7.16. The van der Waals surface area contributed by atoms with Gasteiger partial charge < -0.3 is 9.64 Å².